The molecule has 0 aliphatic rings. The van der Waals surface area contributed by atoms with Crippen LogP contribution in [0.1, 0.15) is 20.3 Å². The standard InChI is InChI=1S/C9H17NO4/c1-7(2)3-5-14-6-4-10-8(11)9(12)13/h7H,3-6H2,1-2H3,(H,10,11)(H,12,13). The molecular formula is C9H17NO4. The Bertz CT molecular complexity index is 191. The van der Waals surface area contributed by atoms with Crippen molar-refractivity contribution >= 4 is 11.9 Å². The van der Waals surface area contributed by atoms with Crippen LogP contribution < -0.4 is 5.32 Å². The quantitative estimate of drug-likeness (QED) is 0.479. The molecule has 0 saturated carbocycles. The highest BCUT2D eigenvalue weighted by Crippen LogP contribution is 1.97. The molecule has 0 fully saturated rings. The van der Waals surface area contributed by atoms with Crippen molar-refractivity contribution in [3.8, 4) is 0 Å². The predicted molar refractivity (Wildman–Crippen MR) is 50.9 cm³/mol. The molecule has 1 amide bonds. The molecule has 0 aromatic carbocycles. The SMILES string of the molecule is CC(C)CCOCCNC(=O)C(=O)O. The number of carbonyl (C=O) groups is 2. The molecule has 2 N–H and O–H groups in total. The molecule has 0 aromatic rings. The Morgan fingerprint density at radius 1 is 1.36 bits per heavy atom. The van der Waals surface area contributed by atoms with Crippen molar-refractivity contribution < 1.29 is 19.4 Å². The highest BCUT2D eigenvalue weighted by molar-refractivity contribution is 6.31. The second kappa shape index (κ2) is 7.32. The van der Waals surface area contributed by atoms with Crippen LogP contribution in [0.4, 0.5) is 0 Å². The number of hydrogen-bond donors (Lipinski definition) is 2. The largest absolute Gasteiger partial charge is 0.474 e. The molecule has 0 atom stereocenters. The zero-order chi connectivity index (χ0) is 11.0. The Balaban J connectivity index is 3.22. The Morgan fingerprint density at radius 2 is 2.00 bits per heavy atom. The van der Waals surface area contributed by atoms with Gasteiger partial charge >= 0.3 is 11.9 Å². The molecule has 14 heavy (non-hydrogen) atoms. The summed E-state index contributed by atoms with van der Waals surface area (Å²) in [5.74, 6) is -1.87. The van der Waals surface area contributed by atoms with Crippen molar-refractivity contribution in [1.29, 1.82) is 0 Å². The van der Waals surface area contributed by atoms with Crippen LogP contribution in [0.25, 0.3) is 0 Å². The Kier molecular flexibility index (Phi) is 6.74. The van der Waals surface area contributed by atoms with Gasteiger partial charge in [0.25, 0.3) is 0 Å². The first-order chi connectivity index (χ1) is 6.54. The summed E-state index contributed by atoms with van der Waals surface area (Å²) in [5, 5.41) is 10.4. The number of carboxylic acid groups (broad SMARTS) is 1. The molecule has 5 nitrogen and oxygen atoms in total. The van der Waals surface area contributed by atoms with Crippen LogP contribution in [-0.2, 0) is 14.3 Å². The van der Waals surface area contributed by atoms with E-state index in [4.69, 9.17) is 9.84 Å². The van der Waals surface area contributed by atoms with E-state index in [9.17, 15) is 9.59 Å². The zero-order valence-electron chi connectivity index (χ0n) is 8.58. The van der Waals surface area contributed by atoms with Crippen LogP contribution in [-0.4, -0.2) is 36.7 Å². The number of hydrogen-bond acceptors (Lipinski definition) is 3. The monoisotopic (exact) mass is 203 g/mol. The normalized spacial score (nSPS) is 10.2. The van der Waals surface area contributed by atoms with Gasteiger partial charge in [0.15, 0.2) is 0 Å². The average Bonchev–Trinajstić information content (AvgIpc) is 2.09. The third kappa shape index (κ3) is 7.54. The summed E-state index contributed by atoms with van der Waals surface area (Å²) in [4.78, 5) is 20.6. The minimum Gasteiger partial charge on any atom is -0.474 e. The fraction of sp³-hybridized carbons (Fsp3) is 0.778. The molecule has 0 saturated heterocycles. The van der Waals surface area contributed by atoms with Gasteiger partial charge < -0.3 is 15.2 Å². The van der Waals surface area contributed by atoms with E-state index in [-0.39, 0.29) is 6.54 Å². The van der Waals surface area contributed by atoms with Gasteiger partial charge in [-0.25, -0.2) is 4.79 Å². The van der Waals surface area contributed by atoms with Crippen molar-refractivity contribution in [2.24, 2.45) is 5.92 Å². The minimum atomic E-state index is -1.47. The predicted octanol–water partition coefficient (Wildman–Crippen LogP) is 0.250. The fourth-order valence-corrected chi connectivity index (χ4v) is 0.733. The van der Waals surface area contributed by atoms with Gasteiger partial charge in [0.1, 0.15) is 0 Å². The molecule has 0 rings (SSSR count). The minimum absolute atomic E-state index is 0.239. The zero-order valence-corrected chi connectivity index (χ0v) is 8.58. The first kappa shape index (κ1) is 12.9. The van der Waals surface area contributed by atoms with Crippen molar-refractivity contribution in [2.75, 3.05) is 19.8 Å². The number of ether oxygens (including phenoxy) is 1. The van der Waals surface area contributed by atoms with Gasteiger partial charge in [-0.2, -0.15) is 0 Å². The van der Waals surface area contributed by atoms with Gasteiger partial charge in [0, 0.05) is 13.2 Å². The molecule has 0 aliphatic carbocycles. The summed E-state index contributed by atoms with van der Waals surface area (Å²) >= 11 is 0. The molecule has 0 aliphatic heterocycles. The number of carboxylic acids is 1. The van der Waals surface area contributed by atoms with Gasteiger partial charge in [-0.15, -0.1) is 0 Å². The van der Waals surface area contributed by atoms with E-state index in [2.05, 4.69) is 19.2 Å². The molecule has 0 bridgehead atoms. The van der Waals surface area contributed by atoms with Crippen LogP contribution in [0.5, 0.6) is 0 Å². The highest BCUT2D eigenvalue weighted by atomic mass is 16.5. The lowest BCUT2D eigenvalue weighted by Crippen LogP contribution is -2.33. The molecule has 5 heteroatoms. The van der Waals surface area contributed by atoms with Crippen molar-refractivity contribution in [3.05, 3.63) is 0 Å². The van der Waals surface area contributed by atoms with E-state index in [1.165, 1.54) is 0 Å². The smallest absolute Gasteiger partial charge is 0.394 e. The van der Waals surface area contributed by atoms with E-state index in [1.54, 1.807) is 0 Å². The summed E-state index contributed by atoms with van der Waals surface area (Å²) in [7, 11) is 0. The van der Waals surface area contributed by atoms with Gasteiger partial charge in [0.2, 0.25) is 0 Å². The van der Waals surface area contributed by atoms with Crippen LogP contribution >= 0.6 is 0 Å². The van der Waals surface area contributed by atoms with Crippen molar-refractivity contribution in [1.82, 2.24) is 5.32 Å². The maximum Gasteiger partial charge on any atom is 0.394 e. The summed E-state index contributed by atoms with van der Waals surface area (Å²) in [6.07, 6.45) is 0.965. The van der Waals surface area contributed by atoms with E-state index in [0.717, 1.165) is 6.42 Å². The molecule has 0 spiro atoms. The molecule has 0 aromatic heterocycles. The summed E-state index contributed by atoms with van der Waals surface area (Å²) in [6.45, 7) is 5.42. The second-order valence-corrected chi connectivity index (χ2v) is 3.36. The number of carbonyl (C=O) groups excluding carboxylic acids is 1. The van der Waals surface area contributed by atoms with Gasteiger partial charge in [-0.1, -0.05) is 13.8 Å². The van der Waals surface area contributed by atoms with Gasteiger partial charge in [0.05, 0.1) is 6.61 Å². The lowest BCUT2D eigenvalue weighted by atomic mass is 10.1. The first-order valence-corrected chi connectivity index (χ1v) is 4.63. The molecule has 82 valence electrons. The Labute approximate surface area is 83.4 Å². The van der Waals surface area contributed by atoms with Crippen LogP contribution in [0, 0.1) is 5.92 Å². The molecular weight excluding hydrogens is 186 g/mol. The summed E-state index contributed by atoms with van der Waals surface area (Å²) in [5.41, 5.74) is 0. The maximum atomic E-state index is 10.5. The molecule has 0 heterocycles. The van der Waals surface area contributed by atoms with Crippen molar-refractivity contribution in [3.63, 3.8) is 0 Å². The molecule has 0 radical (unpaired) electrons. The molecule has 0 unspecified atom stereocenters. The van der Waals surface area contributed by atoms with Crippen LogP contribution in [0.2, 0.25) is 0 Å². The number of amides is 1. The van der Waals surface area contributed by atoms with E-state index in [0.29, 0.717) is 19.1 Å². The van der Waals surface area contributed by atoms with Crippen LogP contribution in [0.15, 0.2) is 0 Å². The van der Waals surface area contributed by atoms with E-state index >= 15 is 0 Å². The summed E-state index contributed by atoms with van der Waals surface area (Å²) < 4.78 is 5.17. The third-order valence-corrected chi connectivity index (χ3v) is 1.57. The van der Waals surface area contributed by atoms with E-state index < -0.39 is 11.9 Å². The van der Waals surface area contributed by atoms with Crippen molar-refractivity contribution in [2.45, 2.75) is 20.3 Å². The number of rotatable bonds is 6. The maximum absolute atomic E-state index is 10.5. The third-order valence-electron chi connectivity index (χ3n) is 1.57. The lowest BCUT2D eigenvalue weighted by molar-refractivity contribution is -0.150. The summed E-state index contributed by atoms with van der Waals surface area (Å²) in [6, 6.07) is 0. The van der Waals surface area contributed by atoms with Crippen LogP contribution in [0.3, 0.4) is 0 Å². The van der Waals surface area contributed by atoms with Gasteiger partial charge in [-0.05, 0) is 12.3 Å². The van der Waals surface area contributed by atoms with Gasteiger partial charge in [-0.3, -0.25) is 4.79 Å². The second-order valence-electron chi connectivity index (χ2n) is 3.36. The number of aliphatic carboxylic acids is 1. The Hall–Kier alpha value is -1.10. The topological polar surface area (TPSA) is 75.6 Å². The first-order valence-electron chi connectivity index (χ1n) is 4.63. The number of nitrogens with one attached hydrogen (secondary N) is 1. The highest BCUT2D eigenvalue weighted by Gasteiger charge is 2.08. The Morgan fingerprint density at radius 3 is 2.50 bits per heavy atom. The lowest BCUT2D eigenvalue weighted by Gasteiger charge is -2.06. The van der Waals surface area contributed by atoms with E-state index in [1.807, 2.05) is 0 Å². The average molecular weight is 203 g/mol. The fourth-order valence-electron chi connectivity index (χ4n) is 0.733.